The number of carbonyl (C=O) groups excluding carboxylic acids is 1. The summed E-state index contributed by atoms with van der Waals surface area (Å²) < 4.78 is 7.18. The highest BCUT2D eigenvalue weighted by Gasteiger charge is 2.24. The summed E-state index contributed by atoms with van der Waals surface area (Å²) in [6.07, 6.45) is 5.68. The maximum atomic E-state index is 12.3. The molecule has 0 aromatic carbocycles. The Hall–Kier alpha value is -1.47. The zero-order valence-electron chi connectivity index (χ0n) is 12.4. The molecule has 0 saturated carbocycles. The molecule has 3 rings (SSSR count). The fourth-order valence-electron chi connectivity index (χ4n) is 3.14. The predicted octanol–water partition coefficient (Wildman–Crippen LogP) is -0.151. The zero-order chi connectivity index (χ0) is 14.5. The predicted molar refractivity (Wildman–Crippen MR) is 76.6 cm³/mol. The van der Waals surface area contributed by atoms with Crippen LogP contribution in [0.1, 0.15) is 12.8 Å². The van der Waals surface area contributed by atoms with E-state index in [2.05, 4.69) is 15.0 Å². The quantitative estimate of drug-likeness (QED) is 0.772. The Balaban J connectivity index is 1.47. The van der Waals surface area contributed by atoms with Crippen LogP contribution in [0, 0.1) is 5.92 Å². The van der Waals surface area contributed by atoms with E-state index in [1.165, 1.54) is 6.42 Å². The van der Waals surface area contributed by atoms with Crippen molar-refractivity contribution in [2.24, 2.45) is 5.92 Å². The van der Waals surface area contributed by atoms with Crippen molar-refractivity contribution in [3.05, 3.63) is 12.7 Å². The molecule has 0 spiro atoms. The molecule has 1 amide bonds. The summed E-state index contributed by atoms with van der Waals surface area (Å²) in [4.78, 5) is 20.5. The summed E-state index contributed by atoms with van der Waals surface area (Å²) in [5, 5.41) is 4.17. The second kappa shape index (κ2) is 7.00. The third kappa shape index (κ3) is 4.01. The van der Waals surface area contributed by atoms with E-state index in [-0.39, 0.29) is 5.91 Å². The number of aromatic nitrogens is 3. The lowest BCUT2D eigenvalue weighted by Gasteiger charge is -2.34. The number of rotatable bonds is 4. The minimum atomic E-state index is 0.236. The molecule has 21 heavy (non-hydrogen) atoms. The molecule has 2 saturated heterocycles. The second-order valence-corrected chi connectivity index (χ2v) is 5.85. The molecule has 0 N–H and O–H groups in total. The van der Waals surface area contributed by atoms with Crippen LogP contribution in [-0.4, -0.2) is 76.4 Å². The van der Waals surface area contributed by atoms with Gasteiger partial charge in [0, 0.05) is 26.2 Å². The minimum absolute atomic E-state index is 0.236. The van der Waals surface area contributed by atoms with Crippen LogP contribution in [0.2, 0.25) is 0 Å². The summed E-state index contributed by atoms with van der Waals surface area (Å²) in [6, 6.07) is 0. The fraction of sp³-hybridized carbons (Fsp3) is 0.786. The Kier molecular flexibility index (Phi) is 4.82. The van der Waals surface area contributed by atoms with Gasteiger partial charge in [0.15, 0.2) is 0 Å². The number of morpholine rings is 1. The van der Waals surface area contributed by atoms with E-state index >= 15 is 0 Å². The van der Waals surface area contributed by atoms with Crippen molar-refractivity contribution in [1.29, 1.82) is 0 Å². The van der Waals surface area contributed by atoms with Gasteiger partial charge in [-0.1, -0.05) is 0 Å². The van der Waals surface area contributed by atoms with Crippen molar-refractivity contribution in [2.45, 2.75) is 19.4 Å². The fourth-order valence-corrected chi connectivity index (χ4v) is 3.14. The molecule has 0 unspecified atom stereocenters. The summed E-state index contributed by atoms with van der Waals surface area (Å²) in [7, 11) is 0. The number of nitrogens with zero attached hydrogens (tertiary/aromatic N) is 5. The van der Waals surface area contributed by atoms with E-state index < -0.39 is 0 Å². The van der Waals surface area contributed by atoms with Gasteiger partial charge in [-0.25, -0.2) is 4.98 Å². The molecule has 1 aromatic heterocycles. The summed E-state index contributed by atoms with van der Waals surface area (Å²) in [5.74, 6) is 0.789. The molecule has 2 fully saturated rings. The van der Waals surface area contributed by atoms with Crippen LogP contribution in [0.15, 0.2) is 12.7 Å². The molecule has 1 atom stereocenters. The van der Waals surface area contributed by atoms with Gasteiger partial charge in [0.2, 0.25) is 5.91 Å². The molecule has 0 radical (unpaired) electrons. The highest BCUT2D eigenvalue weighted by atomic mass is 16.5. The van der Waals surface area contributed by atoms with Crippen LogP contribution in [-0.2, 0) is 16.1 Å². The molecule has 2 aliphatic rings. The third-order valence-corrected chi connectivity index (χ3v) is 4.24. The van der Waals surface area contributed by atoms with Crippen LogP contribution in [0.25, 0.3) is 0 Å². The smallest absolute Gasteiger partial charge is 0.236 e. The van der Waals surface area contributed by atoms with Crippen molar-refractivity contribution in [1.82, 2.24) is 24.6 Å². The molecule has 0 bridgehead atoms. The summed E-state index contributed by atoms with van der Waals surface area (Å²) in [5.41, 5.74) is 0. The van der Waals surface area contributed by atoms with Crippen molar-refractivity contribution in [3.63, 3.8) is 0 Å². The summed E-state index contributed by atoms with van der Waals surface area (Å²) >= 11 is 0. The Morgan fingerprint density at radius 3 is 2.90 bits per heavy atom. The first-order valence-electron chi connectivity index (χ1n) is 7.71. The van der Waals surface area contributed by atoms with Crippen LogP contribution >= 0.6 is 0 Å². The van der Waals surface area contributed by atoms with Crippen molar-refractivity contribution in [3.8, 4) is 0 Å². The monoisotopic (exact) mass is 293 g/mol. The van der Waals surface area contributed by atoms with E-state index in [0.29, 0.717) is 25.7 Å². The Labute approximate surface area is 124 Å². The van der Waals surface area contributed by atoms with Gasteiger partial charge in [-0.15, -0.1) is 0 Å². The lowest BCUT2D eigenvalue weighted by molar-refractivity contribution is -0.136. The van der Waals surface area contributed by atoms with Crippen LogP contribution < -0.4 is 0 Å². The SMILES string of the molecule is O=C(CN1CCC[C@@H](Cn2cncn2)C1)N1CCOCC1. The highest BCUT2D eigenvalue weighted by Crippen LogP contribution is 2.18. The maximum Gasteiger partial charge on any atom is 0.236 e. The first-order chi connectivity index (χ1) is 10.3. The average molecular weight is 293 g/mol. The van der Waals surface area contributed by atoms with Gasteiger partial charge in [-0.05, 0) is 25.3 Å². The van der Waals surface area contributed by atoms with Gasteiger partial charge in [-0.2, -0.15) is 5.10 Å². The van der Waals surface area contributed by atoms with Crippen LogP contribution in [0.5, 0.6) is 0 Å². The first kappa shape index (κ1) is 14.5. The Morgan fingerprint density at radius 1 is 1.29 bits per heavy atom. The highest BCUT2D eigenvalue weighted by molar-refractivity contribution is 5.78. The molecule has 7 nitrogen and oxygen atoms in total. The average Bonchev–Trinajstić information content (AvgIpc) is 3.01. The summed E-state index contributed by atoms with van der Waals surface area (Å²) in [6.45, 7) is 6.21. The van der Waals surface area contributed by atoms with Crippen molar-refractivity contribution >= 4 is 5.91 Å². The standard InChI is InChI=1S/C14H23N5O2/c20-14(18-4-6-21-7-5-18)10-17-3-1-2-13(8-17)9-19-12-15-11-16-19/h11-13H,1-10H2/t13-/m1/s1. The molecule has 2 aliphatic heterocycles. The molecule has 7 heteroatoms. The lowest BCUT2D eigenvalue weighted by Crippen LogP contribution is -2.48. The molecule has 3 heterocycles. The number of likely N-dealkylation sites (tertiary alicyclic amines) is 1. The molecule has 1 aromatic rings. The largest absolute Gasteiger partial charge is 0.378 e. The number of amides is 1. The van der Waals surface area contributed by atoms with Gasteiger partial charge in [0.1, 0.15) is 12.7 Å². The normalized spacial score (nSPS) is 24.2. The van der Waals surface area contributed by atoms with Crippen LogP contribution in [0.4, 0.5) is 0 Å². The van der Waals surface area contributed by atoms with Gasteiger partial charge >= 0.3 is 0 Å². The molecule has 0 aliphatic carbocycles. The number of carbonyl (C=O) groups is 1. The second-order valence-electron chi connectivity index (χ2n) is 5.85. The van der Waals surface area contributed by atoms with E-state index in [1.807, 2.05) is 9.58 Å². The number of hydrogen-bond acceptors (Lipinski definition) is 5. The topological polar surface area (TPSA) is 63.5 Å². The van der Waals surface area contributed by atoms with E-state index in [9.17, 15) is 4.79 Å². The van der Waals surface area contributed by atoms with Gasteiger partial charge in [-0.3, -0.25) is 14.4 Å². The van der Waals surface area contributed by atoms with Gasteiger partial charge < -0.3 is 9.64 Å². The Bertz CT molecular complexity index is 444. The lowest BCUT2D eigenvalue weighted by atomic mass is 9.98. The van der Waals surface area contributed by atoms with E-state index in [0.717, 1.165) is 39.1 Å². The van der Waals surface area contributed by atoms with Crippen molar-refractivity contribution in [2.75, 3.05) is 45.9 Å². The molecule has 116 valence electrons. The third-order valence-electron chi connectivity index (χ3n) is 4.24. The Morgan fingerprint density at radius 2 is 2.14 bits per heavy atom. The van der Waals surface area contributed by atoms with Gasteiger partial charge in [0.05, 0.1) is 19.8 Å². The van der Waals surface area contributed by atoms with Gasteiger partial charge in [0.25, 0.3) is 0 Å². The number of piperidine rings is 1. The molecular formula is C14H23N5O2. The maximum absolute atomic E-state index is 12.3. The molecular weight excluding hydrogens is 270 g/mol. The minimum Gasteiger partial charge on any atom is -0.378 e. The van der Waals surface area contributed by atoms with E-state index in [4.69, 9.17) is 4.74 Å². The van der Waals surface area contributed by atoms with Crippen LogP contribution in [0.3, 0.4) is 0 Å². The van der Waals surface area contributed by atoms with E-state index in [1.54, 1.807) is 12.7 Å². The zero-order valence-corrected chi connectivity index (χ0v) is 12.4. The number of hydrogen-bond donors (Lipinski definition) is 0. The first-order valence-corrected chi connectivity index (χ1v) is 7.71. The number of ether oxygens (including phenoxy) is 1. The van der Waals surface area contributed by atoms with Crippen molar-refractivity contribution < 1.29 is 9.53 Å².